The Morgan fingerprint density at radius 2 is 1.82 bits per heavy atom. The topological polar surface area (TPSA) is 132 Å². The van der Waals surface area contributed by atoms with Gasteiger partial charge in [0.1, 0.15) is 0 Å². The fraction of sp³-hybridized carbons (Fsp3) is 0.345. The van der Waals surface area contributed by atoms with E-state index in [0.717, 1.165) is 21.4 Å². The molecule has 0 aliphatic carbocycles. The molecule has 1 aliphatic heterocycles. The predicted molar refractivity (Wildman–Crippen MR) is 146 cm³/mol. The molecule has 4 atom stereocenters. The predicted octanol–water partition coefficient (Wildman–Crippen LogP) is 4.59. The van der Waals surface area contributed by atoms with E-state index < -0.39 is 12.3 Å². The zero-order chi connectivity index (χ0) is 27.8. The van der Waals surface area contributed by atoms with Crippen LogP contribution in [0, 0.1) is 11.1 Å². The van der Waals surface area contributed by atoms with Crippen molar-refractivity contribution in [2.24, 2.45) is 5.92 Å². The molecule has 0 unspecified atom stereocenters. The van der Waals surface area contributed by atoms with E-state index >= 15 is 0 Å². The molecule has 1 fully saturated rings. The van der Waals surface area contributed by atoms with E-state index in [-0.39, 0.29) is 49.9 Å². The Morgan fingerprint density at radius 3 is 2.54 bits per heavy atom. The Labute approximate surface area is 231 Å². The van der Waals surface area contributed by atoms with Gasteiger partial charge >= 0.3 is 5.97 Å². The van der Waals surface area contributed by atoms with Crippen LogP contribution in [0.5, 0.6) is 0 Å². The Kier molecular flexibility index (Phi) is 9.94. The van der Waals surface area contributed by atoms with Gasteiger partial charge in [0, 0.05) is 47.9 Å². The molecule has 10 heteroatoms. The summed E-state index contributed by atoms with van der Waals surface area (Å²) in [6, 6.07) is 20.1. The van der Waals surface area contributed by atoms with Crippen molar-refractivity contribution < 1.29 is 34.0 Å². The first-order valence-corrected chi connectivity index (χ1v) is 13.8. The molecule has 39 heavy (non-hydrogen) atoms. The van der Waals surface area contributed by atoms with Gasteiger partial charge in [-0.05, 0) is 35.7 Å². The van der Waals surface area contributed by atoms with Gasteiger partial charge in [0.05, 0.1) is 18.8 Å². The number of benzene rings is 2. The largest absolute Gasteiger partial charge is 0.618 e. The Hall–Kier alpha value is -3.44. The molecule has 2 heterocycles. The second-order valence-electron chi connectivity index (χ2n) is 9.42. The second-order valence-corrected chi connectivity index (χ2v) is 10.5. The van der Waals surface area contributed by atoms with E-state index in [9.17, 15) is 19.9 Å². The smallest absolute Gasteiger partial charge is 0.303 e. The Morgan fingerprint density at radius 1 is 1.03 bits per heavy atom. The summed E-state index contributed by atoms with van der Waals surface area (Å²) in [4.78, 5) is 23.0. The number of carbonyl (C=O) groups excluding carboxylic acids is 1. The highest BCUT2D eigenvalue weighted by molar-refractivity contribution is 7.99. The van der Waals surface area contributed by atoms with E-state index in [4.69, 9.17) is 14.6 Å². The Balaban J connectivity index is 1.53. The van der Waals surface area contributed by atoms with Crippen molar-refractivity contribution in [2.75, 3.05) is 11.1 Å². The van der Waals surface area contributed by atoms with Gasteiger partial charge in [-0.25, -0.2) is 0 Å². The maximum Gasteiger partial charge on any atom is 0.303 e. The number of nitrogens with one attached hydrogen (secondary N) is 1. The number of pyridine rings is 1. The Bertz CT molecular complexity index is 1270. The maximum absolute atomic E-state index is 12.3. The second kappa shape index (κ2) is 13.6. The van der Waals surface area contributed by atoms with Gasteiger partial charge in [-0.2, -0.15) is 4.73 Å². The summed E-state index contributed by atoms with van der Waals surface area (Å²) in [6.45, 7) is 2.00. The molecule has 0 spiro atoms. The van der Waals surface area contributed by atoms with Gasteiger partial charge < -0.3 is 30.2 Å². The number of hydrogen-bond donors (Lipinski definition) is 3. The molecule has 1 aromatic heterocycles. The fourth-order valence-electron chi connectivity index (χ4n) is 4.39. The number of thioether (sulfide) groups is 1. The third-order valence-corrected chi connectivity index (χ3v) is 7.65. The van der Waals surface area contributed by atoms with Gasteiger partial charge in [-0.3, -0.25) is 9.59 Å². The summed E-state index contributed by atoms with van der Waals surface area (Å²) in [5.74, 6) is -0.721. The molecule has 206 valence electrons. The summed E-state index contributed by atoms with van der Waals surface area (Å²) in [6.07, 6.45) is 0.464. The number of anilines is 1. The molecule has 0 bridgehead atoms. The SMILES string of the molecule is C[C@@H]1[C@H](CSc2cccc[n+]2[O-])O[C@H](c2cccc(NC(=O)CCCC(=O)O)c2)O[C@@H]1c1ccc(CO)cc1. The lowest BCUT2D eigenvalue weighted by molar-refractivity contribution is -0.645. The quantitative estimate of drug-likeness (QED) is 0.179. The molecule has 3 aromatic rings. The normalized spacial score (nSPS) is 20.9. The van der Waals surface area contributed by atoms with E-state index in [1.807, 2.05) is 36.4 Å². The van der Waals surface area contributed by atoms with Crippen LogP contribution in [0.25, 0.3) is 0 Å². The third-order valence-electron chi connectivity index (χ3n) is 6.54. The molecular weight excluding hydrogens is 520 g/mol. The number of rotatable bonds is 11. The van der Waals surface area contributed by atoms with Crippen LogP contribution in [0.4, 0.5) is 5.69 Å². The summed E-state index contributed by atoms with van der Waals surface area (Å²) < 4.78 is 13.7. The van der Waals surface area contributed by atoms with Crippen molar-refractivity contribution >= 4 is 29.3 Å². The number of aliphatic hydroxyl groups is 1. The lowest BCUT2D eigenvalue weighted by Crippen LogP contribution is -2.39. The zero-order valence-electron chi connectivity index (χ0n) is 21.6. The van der Waals surface area contributed by atoms with Crippen molar-refractivity contribution in [3.05, 3.63) is 94.8 Å². The van der Waals surface area contributed by atoms with Crippen molar-refractivity contribution in [1.82, 2.24) is 0 Å². The minimum absolute atomic E-state index is 0.0466. The van der Waals surface area contributed by atoms with Crippen molar-refractivity contribution in [2.45, 2.75) is 56.3 Å². The number of carboxylic acid groups (broad SMARTS) is 1. The lowest BCUT2D eigenvalue weighted by Gasteiger charge is -2.41. The number of aliphatic hydroxyl groups excluding tert-OH is 1. The number of ether oxygens (including phenoxy) is 2. The minimum Gasteiger partial charge on any atom is -0.618 e. The van der Waals surface area contributed by atoms with E-state index in [2.05, 4.69) is 12.2 Å². The molecule has 0 saturated carbocycles. The highest BCUT2D eigenvalue weighted by atomic mass is 32.2. The molecule has 9 nitrogen and oxygen atoms in total. The number of nitrogens with zero attached hydrogens (tertiary/aromatic N) is 1. The monoisotopic (exact) mass is 552 g/mol. The van der Waals surface area contributed by atoms with Crippen LogP contribution in [0.1, 0.15) is 55.3 Å². The average molecular weight is 553 g/mol. The van der Waals surface area contributed by atoms with Crippen LogP contribution in [-0.4, -0.2) is 33.9 Å². The first-order chi connectivity index (χ1) is 18.8. The van der Waals surface area contributed by atoms with Gasteiger partial charge in [-0.1, -0.05) is 55.1 Å². The van der Waals surface area contributed by atoms with Gasteiger partial charge in [-0.15, -0.1) is 0 Å². The summed E-state index contributed by atoms with van der Waals surface area (Å²) in [5, 5.41) is 33.8. The van der Waals surface area contributed by atoms with Crippen LogP contribution >= 0.6 is 11.8 Å². The molecule has 4 rings (SSSR count). The van der Waals surface area contributed by atoms with E-state index in [1.165, 1.54) is 18.0 Å². The molecule has 0 radical (unpaired) electrons. The number of hydrogen-bond acceptors (Lipinski definition) is 7. The van der Waals surface area contributed by atoms with Crippen LogP contribution in [0.15, 0.2) is 78.0 Å². The number of carbonyl (C=O) groups is 2. The highest BCUT2D eigenvalue weighted by Gasteiger charge is 2.38. The van der Waals surface area contributed by atoms with E-state index in [1.54, 1.807) is 30.3 Å². The zero-order valence-corrected chi connectivity index (χ0v) is 22.4. The number of aliphatic carboxylic acids is 1. The molecular formula is C29H32N2O7S. The molecule has 3 N–H and O–H groups in total. The van der Waals surface area contributed by atoms with Crippen molar-refractivity contribution in [3.63, 3.8) is 0 Å². The molecule has 1 amide bonds. The third kappa shape index (κ3) is 7.79. The van der Waals surface area contributed by atoms with E-state index in [0.29, 0.717) is 16.5 Å². The number of aromatic nitrogens is 1. The van der Waals surface area contributed by atoms with Gasteiger partial charge in [0.2, 0.25) is 5.91 Å². The molecule has 1 saturated heterocycles. The van der Waals surface area contributed by atoms with Crippen molar-refractivity contribution in [1.29, 1.82) is 0 Å². The van der Waals surface area contributed by atoms with Crippen molar-refractivity contribution in [3.8, 4) is 0 Å². The minimum atomic E-state index is -0.934. The standard InChI is InChI=1S/C29H32N2O7S/c1-19-24(18-39-26-9-2-3-15-31(26)36)37-29(38-28(19)21-13-11-20(17-32)12-14-21)22-6-4-7-23(16-22)30-25(33)8-5-10-27(34)35/h2-4,6-7,9,11-16,19,24,28-29,32H,5,8,10,17-18H2,1H3,(H,30,33)(H,34,35)/t19-,24+,28+,29+/m1/s1. The first kappa shape index (κ1) is 28.6. The summed E-state index contributed by atoms with van der Waals surface area (Å²) in [7, 11) is 0. The molecule has 2 aromatic carbocycles. The summed E-state index contributed by atoms with van der Waals surface area (Å²) in [5.41, 5.74) is 3.03. The van der Waals surface area contributed by atoms with Crippen LogP contribution in [0.2, 0.25) is 0 Å². The summed E-state index contributed by atoms with van der Waals surface area (Å²) >= 11 is 1.42. The first-order valence-electron chi connectivity index (χ1n) is 12.8. The van der Waals surface area contributed by atoms with Crippen LogP contribution < -0.4 is 10.0 Å². The molecule has 1 aliphatic rings. The lowest BCUT2D eigenvalue weighted by atomic mass is 9.91. The average Bonchev–Trinajstić information content (AvgIpc) is 2.93. The maximum atomic E-state index is 12.3. The number of carboxylic acids is 1. The van der Waals surface area contributed by atoms with Crippen LogP contribution in [-0.2, 0) is 25.7 Å². The van der Waals surface area contributed by atoms with Gasteiger partial charge in [0.15, 0.2) is 12.5 Å². The number of amides is 1. The highest BCUT2D eigenvalue weighted by Crippen LogP contribution is 2.43. The van der Waals surface area contributed by atoms with Gasteiger partial charge in [0.25, 0.3) is 5.03 Å². The van der Waals surface area contributed by atoms with Crippen LogP contribution in [0.3, 0.4) is 0 Å². The fourth-order valence-corrected chi connectivity index (χ4v) is 5.47.